The van der Waals surface area contributed by atoms with Gasteiger partial charge >= 0.3 is 0 Å². The summed E-state index contributed by atoms with van der Waals surface area (Å²) in [5.74, 6) is 0.573. The van der Waals surface area contributed by atoms with Crippen LogP contribution < -0.4 is 0 Å². The molecule has 0 unspecified atom stereocenters. The van der Waals surface area contributed by atoms with Crippen molar-refractivity contribution in [2.75, 3.05) is 6.61 Å². The number of hydrogen-bond donors (Lipinski definition) is 0. The largest absolute Gasteiger partial charge is 0.491 e. The van der Waals surface area contributed by atoms with Crippen LogP contribution in [0.15, 0.2) is 24.5 Å². The standard InChI is InChI=1S/C15H22O2/c1-11(2)12-5-6-13(3)10-17-14(4)7-8-16-15(13,14)9-12/h7-8,12H,1,5-6,9-10H2,2-4H3/t12-,13-,14+,15+/m0/s1. The van der Waals surface area contributed by atoms with E-state index in [-0.39, 0.29) is 16.6 Å². The van der Waals surface area contributed by atoms with Crippen molar-refractivity contribution < 1.29 is 9.47 Å². The van der Waals surface area contributed by atoms with Crippen LogP contribution in [0.2, 0.25) is 0 Å². The molecule has 3 rings (SSSR count). The molecule has 0 bridgehead atoms. The number of ether oxygens (including phenoxy) is 2. The van der Waals surface area contributed by atoms with Crippen molar-refractivity contribution in [3.8, 4) is 0 Å². The Bertz CT molecular complexity index is 400. The van der Waals surface area contributed by atoms with Gasteiger partial charge in [-0.3, -0.25) is 0 Å². The summed E-state index contributed by atoms with van der Waals surface area (Å²) >= 11 is 0. The van der Waals surface area contributed by atoms with Crippen LogP contribution in [0, 0.1) is 11.3 Å². The van der Waals surface area contributed by atoms with Gasteiger partial charge in [-0.2, -0.15) is 0 Å². The molecule has 0 aromatic carbocycles. The lowest BCUT2D eigenvalue weighted by Crippen LogP contribution is -2.57. The Morgan fingerprint density at radius 1 is 1.41 bits per heavy atom. The molecule has 3 aliphatic rings. The van der Waals surface area contributed by atoms with Crippen molar-refractivity contribution >= 4 is 0 Å². The fourth-order valence-electron chi connectivity index (χ4n) is 4.00. The van der Waals surface area contributed by atoms with Gasteiger partial charge in [-0.15, -0.1) is 0 Å². The Kier molecular flexibility index (Phi) is 2.11. The molecule has 2 fully saturated rings. The Morgan fingerprint density at radius 3 is 2.88 bits per heavy atom. The molecule has 2 aliphatic heterocycles. The van der Waals surface area contributed by atoms with Crippen molar-refractivity contribution in [1.29, 1.82) is 0 Å². The van der Waals surface area contributed by atoms with E-state index in [0.29, 0.717) is 5.92 Å². The lowest BCUT2D eigenvalue weighted by Gasteiger charge is -2.50. The number of hydrogen-bond acceptors (Lipinski definition) is 2. The van der Waals surface area contributed by atoms with E-state index in [9.17, 15) is 0 Å². The predicted molar refractivity (Wildman–Crippen MR) is 67.6 cm³/mol. The SMILES string of the molecule is C=C(C)[C@H]1CC[C@@]2(C)CO[C@]3(C)C=CO[C@]23C1. The van der Waals surface area contributed by atoms with Gasteiger partial charge in [-0.05, 0) is 45.1 Å². The van der Waals surface area contributed by atoms with Gasteiger partial charge in [0.1, 0.15) is 11.2 Å². The molecule has 0 aromatic rings. The van der Waals surface area contributed by atoms with Crippen LogP contribution in [0.4, 0.5) is 0 Å². The average Bonchev–Trinajstić information content (AvgIpc) is 2.69. The first-order valence-corrected chi connectivity index (χ1v) is 6.57. The van der Waals surface area contributed by atoms with Crippen LogP contribution >= 0.6 is 0 Å². The summed E-state index contributed by atoms with van der Waals surface area (Å²) in [5.41, 5.74) is 1.03. The summed E-state index contributed by atoms with van der Waals surface area (Å²) in [6.45, 7) is 11.6. The Labute approximate surface area is 104 Å². The van der Waals surface area contributed by atoms with Crippen molar-refractivity contribution in [1.82, 2.24) is 0 Å². The van der Waals surface area contributed by atoms with Crippen LogP contribution in [0.25, 0.3) is 0 Å². The maximum Gasteiger partial charge on any atom is 0.148 e. The van der Waals surface area contributed by atoms with Gasteiger partial charge < -0.3 is 9.47 Å². The first-order chi connectivity index (χ1) is 7.93. The zero-order chi connectivity index (χ0) is 12.3. The molecule has 1 aliphatic carbocycles. The quantitative estimate of drug-likeness (QED) is 0.647. The second-order valence-corrected chi connectivity index (χ2v) is 6.49. The molecule has 2 heteroatoms. The molecule has 0 N–H and O–H groups in total. The summed E-state index contributed by atoms with van der Waals surface area (Å²) in [6.07, 6.45) is 7.37. The highest BCUT2D eigenvalue weighted by Gasteiger charge is 2.69. The fraction of sp³-hybridized carbons (Fsp3) is 0.733. The second-order valence-electron chi connectivity index (χ2n) is 6.49. The molecule has 2 heterocycles. The zero-order valence-electron chi connectivity index (χ0n) is 11.1. The molecule has 17 heavy (non-hydrogen) atoms. The van der Waals surface area contributed by atoms with Crippen molar-refractivity contribution in [3.63, 3.8) is 0 Å². The molecule has 1 spiro atoms. The fourth-order valence-corrected chi connectivity index (χ4v) is 4.00. The van der Waals surface area contributed by atoms with Crippen LogP contribution in [-0.2, 0) is 9.47 Å². The predicted octanol–water partition coefficient (Wildman–Crippen LogP) is 3.44. The van der Waals surface area contributed by atoms with Gasteiger partial charge in [0.15, 0.2) is 0 Å². The summed E-state index contributed by atoms with van der Waals surface area (Å²) < 4.78 is 12.2. The van der Waals surface area contributed by atoms with Crippen molar-refractivity contribution in [2.45, 2.75) is 51.2 Å². The third kappa shape index (κ3) is 1.20. The van der Waals surface area contributed by atoms with Gasteiger partial charge in [-0.1, -0.05) is 19.1 Å². The van der Waals surface area contributed by atoms with Gasteiger partial charge in [0.25, 0.3) is 0 Å². The molecule has 0 aromatic heterocycles. The van der Waals surface area contributed by atoms with Gasteiger partial charge in [-0.25, -0.2) is 0 Å². The highest BCUT2D eigenvalue weighted by molar-refractivity contribution is 5.28. The summed E-state index contributed by atoms with van der Waals surface area (Å²) in [7, 11) is 0. The van der Waals surface area contributed by atoms with Gasteiger partial charge in [0.05, 0.1) is 12.9 Å². The first-order valence-electron chi connectivity index (χ1n) is 6.57. The lowest BCUT2D eigenvalue weighted by molar-refractivity contribution is -0.123. The van der Waals surface area contributed by atoms with Gasteiger partial charge in [0.2, 0.25) is 0 Å². The van der Waals surface area contributed by atoms with E-state index < -0.39 is 0 Å². The third-order valence-electron chi connectivity index (χ3n) is 5.40. The van der Waals surface area contributed by atoms with E-state index in [0.717, 1.165) is 13.0 Å². The molecule has 2 nitrogen and oxygen atoms in total. The van der Waals surface area contributed by atoms with Crippen LogP contribution in [0.1, 0.15) is 40.0 Å². The third-order valence-corrected chi connectivity index (χ3v) is 5.40. The minimum Gasteiger partial charge on any atom is -0.491 e. The number of allylic oxidation sites excluding steroid dienone is 1. The van der Waals surface area contributed by atoms with Gasteiger partial charge in [0, 0.05) is 5.41 Å². The summed E-state index contributed by atoms with van der Waals surface area (Å²) in [6, 6.07) is 0. The minimum atomic E-state index is -0.240. The van der Waals surface area contributed by atoms with E-state index >= 15 is 0 Å². The normalized spacial score (nSPS) is 51.8. The molecular weight excluding hydrogens is 212 g/mol. The molecular formula is C15H22O2. The first kappa shape index (κ1) is 11.3. The van der Waals surface area contributed by atoms with Crippen LogP contribution in [0.5, 0.6) is 0 Å². The van der Waals surface area contributed by atoms with E-state index in [1.165, 1.54) is 18.4 Å². The Hall–Kier alpha value is -0.760. The molecule has 1 saturated carbocycles. The molecule has 0 amide bonds. The lowest BCUT2D eigenvalue weighted by atomic mass is 9.57. The van der Waals surface area contributed by atoms with Crippen LogP contribution in [0.3, 0.4) is 0 Å². The highest BCUT2D eigenvalue weighted by Crippen LogP contribution is 2.62. The maximum absolute atomic E-state index is 6.11. The van der Waals surface area contributed by atoms with E-state index in [2.05, 4.69) is 33.4 Å². The zero-order valence-corrected chi connectivity index (χ0v) is 11.1. The molecule has 0 radical (unpaired) electrons. The van der Waals surface area contributed by atoms with Crippen LogP contribution in [-0.4, -0.2) is 17.8 Å². The summed E-state index contributed by atoms with van der Waals surface area (Å²) in [5, 5.41) is 0. The van der Waals surface area contributed by atoms with E-state index in [1.807, 2.05) is 6.26 Å². The van der Waals surface area contributed by atoms with E-state index in [1.54, 1.807) is 0 Å². The second kappa shape index (κ2) is 3.17. The summed E-state index contributed by atoms with van der Waals surface area (Å²) in [4.78, 5) is 0. The highest BCUT2D eigenvalue weighted by atomic mass is 16.6. The van der Waals surface area contributed by atoms with Crippen molar-refractivity contribution in [3.05, 3.63) is 24.5 Å². The van der Waals surface area contributed by atoms with E-state index in [4.69, 9.17) is 9.47 Å². The number of rotatable bonds is 1. The smallest absolute Gasteiger partial charge is 0.148 e. The Balaban J connectivity index is 2.01. The molecule has 4 atom stereocenters. The molecule has 94 valence electrons. The Morgan fingerprint density at radius 2 is 2.18 bits per heavy atom. The monoisotopic (exact) mass is 234 g/mol. The topological polar surface area (TPSA) is 18.5 Å². The van der Waals surface area contributed by atoms with Crippen molar-refractivity contribution in [2.24, 2.45) is 11.3 Å². The maximum atomic E-state index is 6.11. The average molecular weight is 234 g/mol. The minimum absolute atomic E-state index is 0.150. The molecule has 1 saturated heterocycles.